The molecule has 2 aliphatic rings. The molecule has 5 nitrogen and oxygen atoms in total. The molecule has 5 rings (SSSR count). The van der Waals surface area contributed by atoms with Crippen LogP contribution in [0.25, 0.3) is 16.9 Å². The van der Waals surface area contributed by atoms with Gasteiger partial charge in [0.15, 0.2) is 5.65 Å². The van der Waals surface area contributed by atoms with Gasteiger partial charge in [0.1, 0.15) is 11.6 Å². The zero-order valence-electron chi connectivity index (χ0n) is 13.9. The average Bonchev–Trinajstić information content (AvgIpc) is 3.27. The molecule has 1 saturated heterocycles. The van der Waals surface area contributed by atoms with E-state index in [-0.39, 0.29) is 5.82 Å². The van der Waals surface area contributed by atoms with Gasteiger partial charge in [0.25, 0.3) is 0 Å². The van der Waals surface area contributed by atoms with Gasteiger partial charge in [-0.25, -0.2) is 9.37 Å². The van der Waals surface area contributed by atoms with Gasteiger partial charge in [0.2, 0.25) is 0 Å². The molecule has 0 spiro atoms. The third-order valence-corrected chi connectivity index (χ3v) is 5.05. The molecule has 0 N–H and O–H groups in total. The van der Waals surface area contributed by atoms with E-state index in [1.165, 1.54) is 23.4 Å². The van der Waals surface area contributed by atoms with Crippen molar-refractivity contribution in [3.8, 4) is 11.3 Å². The van der Waals surface area contributed by atoms with Gasteiger partial charge in [-0.15, -0.1) is 0 Å². The van der Waals surface area contributed by atoms with Crippen molar-refractivity contribution in [3.05, 3.63) is 47.4 Å². The molecule has 6 heteroatoms. The van der Waals surface area contributed by atoms with Gasteiger partial charge in [0.05, 0.1) is 18.9 Å². The maximum absolute atomic E-state index is 13.2. The van der Waals surface area contributed by atoms with Crippen LogP contribution in [0.4, 0.5) is 10.2 Å². The SMILES string of the molecule is Fc1ccc(-c2cc3nc4c(c(N5CCOCC5)n3n2)CCC4)cc1. The first-order valence-electron chi connectivity index (χ1n) is 8.80. The minimum atomic E-state index is -0.237. The maximum atomic E-state index is 13.2. The Morgan fingerprint density at radius 1 is 1.04 bits per heavy atom. The van der Waals surface area contributed by atoms with Crippen molar-refractivity contribution >= 4 is 11.5 Å². The van der Waals surface area contributed by atoms with Crippen molar-refractivity contribution in [1.29, 1.82) is 0 Å². The maximum Gasteiger partial charge on any atom is 0.158 e. The minimum absolute atomic E-state index is 0.237. The summed E-state index contributed by atoms with van der Waals surface area (Å²) in [5, 5.41) is 4.81. The van der Waals surface area contributed by atoms with Crippen LogP contribution in [0.1, 0.15) is 17.7 Å². The number of aryl methyl sites for hydroxylation is 1. The highest BCUT2D eigenvalue weighted by atomic mass is 19.1. The second-order valence-electron chi connectivity index (χ2n) is 6.62. The van der Waals surface area contributed by atoms with Crippen molar-refractivity contribution in [2.45, 2.75) is 19.3 Å². The van der Waals surface area contributed by atoms with Crippen LogP contribution in [0.15, 0.2) is 30.3 Å². The lowest BCUT2D eigenvalue weighted by molar-refractivity contribution is 0.122. The summed E-state index contributed by atoms with van der Waals surface area (Å²) in [7, 11) is 0. The monoisotopic (exact) mass is 338 g/mol. The standard InChI is InChI=1S/C19H19FN4O/c20-14-6-4-13(5-7-14)17-12-18-21-16-3-1-2-15(16)19(24(18)22-17)23-8-10-25-11-9-23/h4-7,12H,1-3,8-11H2. The Balaban J connectivity index is 1.69. The lowest BCUT2D eigenvalue weighted by atomic mass is 10.1. The molecule has 128 valence electrons. The Bertz CT molecular complexity index is 929. The number of morpholine rings is 1. The van der Waals surface area contributed by atoms with Gasteiger partial charge in [-0.05, 0) is 43.5 Å². The van der Waals surface area contributed by atoms with Crippen LogP contribution in [0, 0.1) is 5.82 Å². The van der Waals surface area contributed by atoms with Crippen LogP contribution >= 0.6 is 0 Å². The van der Waals surface area contributed by atoms with Crippen molar-refractivity contribution in [2.75, 3.05) is 31.2 Å². The van der Waals surface area contributed by atoms with Gasteiger partial charge < -0.3 is 9.64 Å². The summed E-state index contributed by atoms with van der Waals surface area (Å²) in [5.41, 5.74) is 5.11. The molecule has 0 unspecified atom stereocenters. The van der Waals surface area contributed by atoms with Crippen molar-refractivity contribution in [1.82, 2.24) is 14.6 Å². The van der Waals surface area contributed by atoms with Gasteiger partial charge >= 0.3 is 0 Å². The van der Waals surface area contributed by atoms with E-state index in [1.807, 2.05) is 10.6 Å². The Morgan fingerprint density at radius 3 is 2.64 bits per heavy atom. The quantitative estimate of drug-likeness (QED) is 0.721. The lowest BCUT2D eigenvalue weighted by Gasteiger charge is -2.30. The number of nitrogens with zero attached hydrogens (tertiary/aromatic N) is 4. The Labute approximate surface area is 145 Å². The van der Waals surface area contributed by atoms with E-state index in [4.69, 9.17) is 14.8 Å². The zero-order chi connectivity index (χ0) is 16.8. The number of hydrogen-bond acceptors (Lipinski definition) is 4. The molecule has 0 bridgehead atoms. The summed E-state index contributed by atoms with van der Waals surface area (Å²) in [6.07, 6.45) is 3.23. The van der Waals surface area contributed by atoms with Gasteiger partial charge in [-0.3, -0.25) is 0 Å². The normalized spacial score (nSPS) is 17.2. The van der Waals surface area contributed by atoms with E-state index >= 15 is 0 Å². The molecule has 1 fully saturated rings. The number of aromatic nitrogens is 3. The fraction of sp³-hybridized carbons (Fsp3) is 0.368. The molecule has 2 aromatic heterocycles. The topological polar surface area (TPSA) is 42.7 Å². The number of hydrogen-bond donors (Lipinski definition) is 0. The number of benzene rings is 1. The first-order valence-corrected chi connectivity index (χ1v) is 8.80. The highest BCUT2D eigenvalue weighted by Crippen LogP contribution is 2.33. The third kappa shape index (κ3) is 2.48. The fourth-order valence-electron chi connectivity index (χ4n) is 3.83. The molecular formula is C19H19FN4O. The van der Waals surface area contributed by atoms with Crippen LogP contribution < -0.4 is 4.90 Å². The Morgan fingerprint density at radius 2 is 1.84 bits per heavy atom. The smallest absolute Gasteiger partial charge is 0.158 e. The largest absolute Gasteiger partial charge is 0.378 e. The number of anilines is 1. The van der Waals surface area contributed by atoms with E-state index in [9.17, 15) is 4.39 Å². The highest BCUT2D eigenvalue weighted by Gasteiger charge is 2.26. The molecule has 1 aliphatic heterocycles. The summed E-state index contributed by atoms with van der Waals surface area (Å²) >= 11 is 0. The number of halogens is 1. The third-order valence-electron chi connectivity index (χ3n) is 5.05. The van der Waals surface area contributed by atoms with Crippen molar-refractivity contribution in [2.24, 2.45) is 0 Å². The first kappa shape index (κ1) is 14.8. The summed E-state index contributed by atoms with van der Waals surface area (Å²) in [6.45, 7) is 3.23. The minimum Gasteiger partial charge on any atom is -0.378 e. The van der Waals surface area contributed by atoms with Gasteiger partial charge in [-0.2, -0.15) is 9.61 Å². The molecule has 0 saturated carbocycles. The molecule has 25 heavy (non-hydrogen) atoms. The number of rotatable bonds is 2. The summed E-state index contributed by atoms with van der Waals surface area (Å²) < 4.78 is 20.7. The fourth-order valence-corrected chi connectivity index (χ4v) is 3.83. The Hall–Kier alpha value is -2.47. The van der Waals surface area contributed by atoms with Crippen LogP contribution in [0.5, 0.6) is 0 Å². The number of fused-ring (bicyclic) bond motifs is 2. The van der Waals surface area contributed by atoms with Crippen LogP contribution in [0.2, 0.25) is 0 Å². The molecule has 0 amide bonds. The molecule has 0 radical (unpaired) electrons. The second kappa shape index (κ2) is 5.81. The number of ether oxygens (including phenoxy) is 1. The average molecular weight is 338 g/mol. The highest BCUT2D eigenvalue weighted by molar-refractivity contribution is 5.67. The van der Waals surface area contributed by atoms with E-state index in [1.54, 1.807) is 12.1 Å². The summed E-state index contributed by atoms with van der Waals surface area (Å²) in [6, 6.07) is 8.46. The second-order valence-corrected chi connectivity index (χ2v) is 6.62. The van der Waals surface area contributed by atoms with Crippen LogP contribution in [-0.4, -0.2) is 40.9 Å². The summed E-state index contributed by atoms with van der Waals surface area (Å²) in [5.74, 6) is 0.924. The van der Waals surface area contributed by atoms with Crippen molar-refractivity contribution < 1.29 is 9.13 Å². The van der Waals surface area contributed by atoms with Gasteiger partial charge in [-0.1, -0.05) is 0 Å². The molecular weight excluding hydrogens is 319 g/mol. The molecule has 3 heterocycles. The van der Waals surface area contributed by atoms with E-state index in [0.29, 0.717) is 0 Å². The zero-order valence-corrected chi connectivity index (χ0v) is 13.9. The van der Waals surface area contributed by atoms with Crippen LogP contribution in [-0.2, 0) is 17.6 Å². The van der Waals surface area contributed by atoms with E-state index < -0.39 is 0 Å². The molecule has 1 aromatic carbocycles. The molecule has 1 aliphatic carbocycles. The predicted molar refractivity (Wildman–Crippen MR) is 93.4 cm³/mol. The predicted octanol–water partition coefficient (Wildman–Crippen LogP) is 2.86. The van der Waals surface area contributed by atoms with E-state index in [2.05, 4.69) is 4.90 Å². The Kier molecular flexibility index (Phi) is 3.45. The van der Waals surface area contributed by atoms with Crippen LogP contribution in [0.3, 0.4) is 0 Å². The summed E-state index contributed by atoms with van der Waals surface area (Å²) in [4.78, 5) is 7.21. The van der Waals surface area contributed by atoms with E-state index in [0.717, 1.165) is 68.3 Å². The first-order chi connectivity index (χ1) is 12.3. The molecule has 3 aromatic rings. The van der Waals surface area contributed by atoms with Crippen molar-refractivity contribution in [3.63, 3.8) is 0 Å². The molecule has 0 atom stereocenters. The lowest BCUT2D eigenvalue weighted by Crippen LogP contribution is -2.38. The van der Waals surface area contributed by atoms with Gasteiger partial charge in [0, 0.05) is 36.0 Å².